The molecule has 0 aromatic rings. The maximum atomic E-state index is 11.3. The molecule has 1 rings (SSSR count). The topological polar surface area (TPSA) is 34.1 Å². The molecule has 0 aromatic carbocycles. The highest BCUT2D eigenvalue weighted by atomic mass is 32.2. The summed E-state index contributed by atoms with van der Waals surface area (Å²) in [6.45, 7) is 3.97. The van der Waals surface area contributed by atoms with Gasteiger partial charge in [0.2, 0.25) is 0 Å². The van der Waals surface area contributed by atoms with Crippen molar-refractivity contribution in [3.05, 3.63) is 0 Å². The summed E-state index contributed by atoms with van der Waals surface area (Å²) in [5, 5.41) is -0.111. The number of rotatable bonds is 0. The van der Waals surface area contributed by atoms with Crippen LogP contribution in [-0.4, -0.2) is 19.4 Å². The predicted molar refractivity (Wildman–Crippen MR) is 46.3 cm³/mol. The van der Waals surface area contributed by atoms with Crippen molar-refractivity contribution in [3.8, 4) is 0 Å². The Bertz CT molecular complexity index is 218. The smallest absolute Gasteiger partial charge is 0.152 e. The average molecular weight is 176 g/mol. The Kier molecular flexibility index (Phi) is 2.58. The minimum Gasteiger partial charge on any atom is -0.229 e. The van der Waals surface area contributed by atoms with Gasteiger partial charge in [0.15, 0.2) is 9.84 Å². The van der Waals surface area contributed by atoms with E-state index in [1.54, 1.807) is 0 Å². The van der Waals surface area contributed by atoms with Crippen molar-refractivity contribution in [2.24, 2.45) is 5.92 Å². The van der Waals surface area contributed by atoms with Crippen molar-refractivity contribution in [2.75, 3.05) is 5.75 Å². The van der Waals surface area contributed by atoms with Gasteiger partial charge in [0.1, 0.15) is 0 Å². The molecule has 0 aromatic heterocycles. The maximum Gasteiger partial charge on any atom is 0.152 e. The summed E-state index contributed by atoms with van der Waals surface area (Å²) in [6, 6.07) is 0. The molecule has 0 saturated carbocycles. The summed E-state index contributed by atoms with van der Waals surface area (Å²) in [4.78, 5) is 0. The summed E-state index contributed by atoms with van der Waals surface area (Å²) < 4.78 is 22.7. The molecule has 1 saturated heterocycles. The average Bonchev–Trinajstić information content (AvgIpc) is 1.94. The molecule has 0 spiro atoms. The molecular formula is C8H16O2S. The minimum absolute atomic E-state index is 0.111. The quantitative estimate of drug-likeness (QED) is 0.562. The molecular weight excluding hydrogens is 160 g/mol. The molecule has 66 valence electrons. The van der Waals surface area contributed by atoms with Crippen molar-refractivity contribution < 1.29 is 8.42 Å². The molecule has 2 nitrogen and oxygen atoms in total. The fourth-order valence-electron chi connectivity index (χ4n) is 1.67. The van der Waals surface area contributed by atoms with E-state index in [0.29, 0.717) is 11.7 Å². The van der Waals surface area contributed by atoms with E-state index in [-0.39, 0.29) is 5.25 Å². The highest BCUT2D eigenvalue weighted by Gasteiger charge is 2.25. The molecule has 1 aliphatic rings. The molecule has 0 amide bonds. The Morgan fingerprint density at radius 3 is 2.55 bits per heavy atom. The fourth-order valence-corrected chi connectivity index (χ4v) is 3.26. The summed E-state index contributed by atoms with van der Waals surface area (Å²) in [5.74, 6) is 0.987. The molecule has 1 fully saturated rings. The summed E-state index contributed by atoms with van der Waals surface area (Å²) >= 11 is 0. The number of sulfone groups is 1. The Labute approximate surface area is 68.9 Å². The maximum absolute atomic E-state index is 11.3. The van der Waals surface area contributed by atoms with Crippen LogP contribution in [0.4, 0.5) is 0 Å². The normalized spacial score (nSPS) is 38.0. The van der Waals surface area contributed by atoms with Crippen molar-refractivity contribution >= 4 is 9.84 Å². The van der Waals surface area contributed by atoms with Crippen LogP contribution in [0.15, 0.2) is 0 Å². The summed E-state index contributed by atoms with van der Waals surface area (Å²) in [7, 11) is -2.73. The van der Waals surface area contributed by atoms with Gasteiger partial charge in [-0.2, -0.15) is 0 Å². The van der Waals surface area contributed by atoms with Crippen LogP contribution in [0.5, 0.6) is 0 Å². The fraction of sp³-hybridized carbons (Fsp3) is 1.00. The Morgan fingerprint density at radius 2 is 1.91 bits per heavy atom. The highest BCUT2D eigenvalue weighted by molar-refractivity contribution is 7.92. The first kappa shape index (κ1) is 9.04. The van der Waals surface area contributed by atoms with E-state index < -0.39 is 9.84 Å². The first-order chi connectivity index (χ1) is 5.02. The Morgan fingerprint density at radius 1 is 1.27 bits per heavy atom. The van der Waals surface area contributed by atoms with Crippen LogP contribution in [0.3, 0.4) is 0 Å². The molecule has 3 heteroatoms. The minimum atomic E-state index is -2.73. The lowest BCUT2D eigenvalue weighted by molar-refractivity contribution is 0.493. The molecule has 11 heavy (non-hydrogen) atoms. The van der Waals surface area contributed by atoms with E-state index in [1.165, 1.54) is 0 Å². The molecule has 2 unspecified atom stereocenters. The molecule has 0 radical (unpaired) electrons. The highest BCUT2D eigenvalue weighted by Crippen LogP contribution is 2.23. The Hall–Kier alpha value is -0.0500. The van der Waals surface area contributed by atoms with Crippen LogP contribution in [0.25, 0.3) is 0 Å². The van der Waals surface area contributed by atoms with Crippen LogP contribution in [-0.2, 0) is 9.84 Å². The van der Waals surface area contributed by atoms with Crippen molar-refractivity contribution in [3.63, 3.8) is 0 Å². The second kappa shape index (κ2) is 3.13. The first-order valence-electron chi connectivity index (χ1n) is 4.24. The van der Waals surface area contributed by atoms with Gasteiger partial charge < -0.3 is 0 Å². The predicted octanol–water partition coefficient (Wildman–Crippen LogP) is 1.61. The van der Waals surface area contributed by atoms with Gasteiger partial charge in [0, 0.05) is 0 Å². The van der Waals surface area contributed by atoms with Crippen LogP contribution >= 0.6 is 0 Å². The number of hydrogen-bond acceptors (Lipinski definition) is 2. The molecule has 1 heterocycles. The van der Waals surface area contributed by atoms with Gasteiger partial charge in [0.25, 0.3) is 0 Å². The third-order valence-corrected chi connectivity index (χ3v) is 4.75. The lowest BCUT2D eigenvalue weighted by Gasteiger charge is -2.10. The first-order valence-corrected chi connectivity index (χ1v) is 5.95. The Balaban J connectivity index is 2.74. The van der Waals surface area contributed by atoms with Gasteiger partial charge in [-0.15, -0.1) is 0 Å². The van der Waals surface area contributed by atoms with Gasteiger partial charge in [-0.05, 0) is 32.1 Å². The van der Waals surface area contributed by atoms with E-state index in [9.17, 15) is 8.42 Å². The zero-order valence-electron chi connectivity index (χ0n) is 7.21. The van der Waals surface area contributed by atoms with Gasteiger partial charge in [0.05, 0.1) is 11.0 Å². The number of hydrogen-bond donors (Lipinski definition) is 0. The lowest BCUT2D eigenvalue weighted by Crippen LogP contribution is -2.19. The van der Waals surface area contributed by atoms with Crippen LogP contribution in [0.1, 0.15) is 33.1 Å². The summed E-state index contributed by atoms with van der Waals surface area (Å²) in [6.07, 6.45) is 2.78. The SMILES string of the molecule is CC1CCCS(=O)(=O)C(C)C1. The molecule has 2 atom stereocenters. The van der Waals surface area contributed by atoms with Crippen molar-refractivity contribution in [1.82, 2.24) is 0 Å². The third-order valence-electron chi connectivity index (χ3n) is 2.47. The van der Waals surface area contributed by atoms with Gasteiger partial charge in [-0.1, -0.05) is 6.92 Å². The lowest BCUT2D eigenvalue weighted by atomic mass is 10.0. The molecule has 0 N–H and O–H groups in total. The summed E-state index contributed by atoms with van der Waals surface area (Å²) in [5.41, 5.74) is 0. The molecule has 1 aliphatic heterocycles. The van der Waals surface area contributed by atoms with Gasteiger partial charge in [-0.25, -0.2) is 8.42 Å². The van der Waals surface area contributed by atoms with E-state index in [1.807, 2.05) is 6.92 Å². The third kappa shape index (κ3) is 2.19. The van der Waals surface area contributed by atoms with E-state index in [0.717, 1.165) is 19.3 Å². The molecule has 0 bridgehead atoms. The second-order valence-electron chi connectivity index (χ2n) is 3.66. The zero-order chi connectivity index (χ0) is 8.48. The largest absolute Gasteiger partial charge is 0.229 e. The van der Waals surface area contributed by atoms with Gasteiger partial charge >= 0.3 is 0 Å². The monoisotopic (exact) mass is 176 g/mol. The second-order valence-corrected chi connectivity index (χ2v) is 6.20. The van der Waals surface area contributed by atoms with Crippen LogP contribution in [0.2, 0.25) is 0 Å². The molecule has 0 aliphatic carbocycles. The van der Waals surface area contributed by atoms with E-state index >= 15 is 0 Å². The van der Waals surface area contributed by atoms with Crippen LogP contribution < -0.4 is 0 Å². The van der Waals surface area contributed by atoms with Crippen molar-refractivity contribution in [2.45, 2.75) is 38.4 Å². The van der Waals surface area contributed by atoms with E-state index in [4.69, 9.17) is 0 Å². The van der Waals surface area contributed by atoms with Crippen LogP contribution in [0, 0.1) is 5.92 Å². The van der Waals surface area contributed by atoms with Gasteiger partial charge in [-0.3, -0.25) is 0 Å². The standard InChI is InChI=1S/C8H16O2S/c1-7-4-3-5-11(9,10)8(2)6-7/h7-8H,3-6H2,1-2H3. The van der Waals surface area contributed by atoms with E-state index in [2.05, 4.69) is 6.92 Å². The zero-order valence-corrected chi connectivity index (χ0v) is 8.02. The van der Waals surface area contributed by atoms with Crippen molar-refractivity contribution in [1.29, 1.82) is 0 Å².